The van der Waals surface area contributed by atoms with E-state index in [0.29, 0.717) is 18.0 Å². The number of phenols is 1. The molecule has 0 fully saturated rings. The Bertz CT molecular complexity index is 628. The summed E-state index contributed by atoms with van der Waals surface area (Å²) < 4.78 is 10.5. The van der Waals surface area contributed by atoms with Crippen LogP contribution >= 0.6 is 11.6 Å². The number of nitrogens with one attached hydrogen (secondary N) is 1. The predicted molar refractivity (Wildman–Crippen MR) is 81.1 cm³/mol. The minimum Gasteiger partial charge on any atom is -0.507 e. The molecule has 2 N–H and O–H groups in total. The molecule has 0 amide bonds. The predicted octanol–water partition coefficient (Wildman–Crippen LogP) is 3.11. The Morgan fingerprint density at radius 1 is 1.10 bits per heavy atom. The molecule has 1 heterocycles. The van der Waals surface area contributed by atoms with Crippen LogP contribution in [0.5, 0.6) is 17.2 Å². The van der Waals surface area contributed by atoms with Crippen LogP contribution in [0.1, 0.15) is 11.1 Å². The molecule has 0 aliphatic carbocycles. The van der Waals surface area contributed by atoms with Gasteiger partial charge in [0.2, 0.25) is 6.79 Å². The van der Waals surface area contributed by atoms with Crippen molar-refractivity contribution in [3.8, 4) is 17.2 Å². The molecule has 3 rings (SSSR count). The van der Waals surface area contributed by atoms with E-state index in [0.717, 1.165) is 23.6 Å². The Morgan fingerprint density at radius 3 is 2.57 bits per heavy atom. The maximum Gasteiger partial charge on any atom is 0.231 e. The van der Waals surface area contributed by atoms with Gasteiger partial charge >= 0.3 is 0 Å². The lowest BCUT2D eigenvalue weighted by Gasteiger charge is -2.08. The zero-order valence-electron chi connectivity index (χ0n) is 11.4. The van der Waals surface area contributed by atoms with Gasteiger partial charge in [0.25, 0.3) is 0 Å². The van der Waals surface area contributed by atoms with Crippen molar-refractivity contribution in [2.75, 3.05) is 13.3 Å². The largest absolute Gasteiger partial charge is 0.507 e. The van der Waals surface area contributed by atoms with E-state index in [4.69, 9.17) is 21.1 Å². The lowest BCUT2D eigenvalue weighted by atomic mass is 10.1. The molecule has 4 nitrogen and oxygen atoms in total. The Morgan fingerprint density at radius 2 is 1.81 bits per heavy atom. The van der Waals surface area contributed by atoms with E-state index in [1.54, 1.807) is 6.07 Å². The normalized spacial score (nSPS) is 12.6. The number of ether oxygens (including phenoxy) is 2. The van der Waals surface area contributed by atoms with Gasteiger partial charge in [-0.05, 0) is 36.7 Å². The van der Waals surface area contributed by atoms with E-state index in [9.17, 15) is 5.11 Å². The molecule has 0 spiro atoms. The van der Waals surface area contributed by atoms with Gasteiger partial charge in [-0.1, -0.05) is 23.7 Å². The summed E-state index contributed by atoms with van der Waals surface area (Å²) in [4.78, 5) is 0. The van der Waals surface area contributed by atoms with Crippen LogP contribution in [0.4, 0.5) is 0 Å². The average Bonchev–Trinajstić information content (AvgIpc) is 2.92. The van der Waals surface area contributed by atoms with Crippen LogP contribution < -0.4 is 14.8 Å². The summed E-state index contributed by atoms with van der Waals surface area (Å²) in [6.45, 7) is 1.60. The summed E-state index contributed by atoms with van der Waals surface area (Å²) in [5, 5.41) is 14.0. The van der Waals surface area contributed by atoms with Gasteiger partial charge in [0.1, 0.15) is 5.75 Å². The van der Waals surface area contributed by atoms with Crippen LogP contribution in [0, 0.1) is 0 Å². The van der Waals surface area contributed by atoms with Gasteiger partial charge in [0.15, 0.2) is 11.5 Å². The van der Waals surface area contributed by atoms with E-state index in [1.165, 1.54) is 5.56 Å². The highest BCUT2D eigenvalue weighted by Crippen LogP contribution is 2.37. The summed E-state index contributed by atoms with van der Waals surface area (Å²) >= 11 is 5.85. The van der Waals surface area contributed by atoms with Crippen molar-refractivity contribution in [3.05, 3.63) is 52.5 Å². The fourth-order valence-electron chi connectivity index (χ4n) is 2.22. The number of hydrogen-bond donors (Lipinski definition) is 2. The summed E-state index contributed by atoms with van der Waals surface area (Å²) in [6.07, 6.45) is 0.905. The quantitative estimate of drug-likeness (QED) is 0.833. The Kier molecular flexibility index (Phi) is 4.18. The fraction of sp³-hybridized carbons (Fsp3) is 0.250. The van der Waals surface area contributed by atoms with E-state index in [2.05, 4.69) is 5.32 Å². The third-order valence-electron chi connectivity index (χ3n) is 3.39. The second-order valence-electron chi connectivity index (χ2n) is 4.89. The number of halogens is 1. The van der Waals surface area contributed by atoms with Crippen LogP contribution in [0.2, 0.25) is 5.02 Å². The minimum atomic E-state index is 0.211. The van der Waals surface area contributed by atoms with E-state index < -0.39 is 0 Å². The summed E-state index contributed by atoms with van der Waals surface area (Å²) in [6, 6.07) is 11.2. The molecule has 0 bridgehead atoms. The molecule has 0 aromatic heterocycles. The van der Waals surface area contributed by atoms with Crippen LogP contribution in [-0.2, 0) is 13.0 Å². The molecule has 0 saturated carbocycles. The van der Waals surface area contributed by atoms with Crippen molar-refractivity contribution < 1.29 is 14.6 Å². The highest BCUT2D eigenvalue weighted by molar-refractivity contribution is 6.30. The number of hydrogen-bond acceptors (Lipinski definition) is 4. The standard InChI is InChI=1S/C16H16ClNO3/c17-13-3-1-11(2-4-13)5-6-18-9-12-7-15-16(8-14(12)19)21-10-20-15/h1-4,7-8,18-19H,5-6,9-10H2. The van der Waals surface area contributed by atoms with Crippen LogP contribution in [-0.4, -0.2) is 18.4 Å². The highest BCUT2D eigenvalue weighted by Gasteiger charge is 2.16. The van der Waals surface area contributed by atoms with Gasteiger partial charge in [-0.2, -0.15) is 0 Å². The molecule has 0 saturated heterocycles. The van der Waals surface area contributed by atoms with E-state index >= 15 is 0 Å². The van der Waals surface area contributed by atoms with Crippen molar-refractivity contribution in [2.24, 2.45) is 0 Å². The van der Waals surface area contributed by atoms with Crippen LogP contribution in [0.15, 0.2) is 36.4 Å². The van der Waals surface area contributed by atoms with Crippen molar-refractivity contribution in [2.45, 2.75) is 13.0 Å². The van der Waals surface area contributed by atoms with Crippen molar-refractivity contribution in [1.82, 2.24) is 5.32 Å². The molecule has 2 aromatic carbocycles. The molecule has 1 aliphatic heterocycles. The highest BCUT2D eigenvalue weighted by atomic mass is 35.5. The smallest absolute Gasteiger partial charge is 0.231 e. The first-order valence-electron chi connectivity index (χ1n) is 6.79. The molecule has 0 atom stereocenters. The van der Waals surface area contributed by atoms with Gasteiger partial charge in [-0.15, -0.1) is 0 Å². The molecule has 21 heavy (non-hydrogen) atoms. The Hall–Kier alpha value is -1.91. The maximum atomic E-state index is 9.93. The third-order valence-corrected chi connectivity index (χ3v) is 3.64. The Labute approximate surface area is 128 Å². The first-order valence-corrected chi connectivity index (χ1v) is 7.17. The molecule has 0 radical (unpaired) electrons. The molecule has 0 unspecified atom stereocenters. The molecular formula is C16H16ClNO3. The van der Waals surface area contributed by atoms with Crippen molar-refractivity contribution in [3.63, 3.8) is 0 Å². The summed E-state index contributed by atoms with van der Waals surface area (Å²) in [7, 11) is 0. The van der Waals surface area contributed by atoms with Crippen molar-refractivity contribution in [1.29, 1.82) is 0 Å². The lowest BCUT2D eigenvalue weighted by Crippen LogP contribution is -2.16. The zero-order chi connectivity index (χ0) is 14.7. The second-order valence-corrected chi connectivity index (χ2v) is 5.32. The minimum absolute atomic E-state index is 0.211. The van der Waals surface area contributed by atoms with Crippen molar-refractivity contribution >= 4 is 11.6 Å². The number of fused-ring (bicyclic) bond motifs is 1. The molecule has 5 heteroatoms. The van der Waals surface area contributed by atoms with Crippen LogP contribution in [0.3, 0.4) is 0 Å². The zero-order valence-corrected chi connectivity index (χ0v) is 12.2. The molecule has 110 valence electrons. The molecule has 2 aromatic rings. The number of benzene rings is 2. The number of rotatable bonds is 5. The first-order chi connectivity index (χ1) is 10.2. The fourth-order valence-corrected chi connectivity index (χ4v) is 2.35. The first kappa shape index (κ1) is 14.0. The average molecular weight is 306 g/mol. The maximum absolute atomic E-state index is 9.93. The lowest BCUT2D eigenvalue weighted by molar-refractivity contribution is 0.174. The van der Waals surface area contributed by atoms with E-state index in [1.807, 2.05) is 30.3 Å². The van der Waals surface area contributed by atoms with Gasteiger partial charge in [0, 0.05) is 23.2 Å². The Balaban J connectivity index is 1.52. The summed E-state index contributed by atoms with van der Waals surface area (Å²) in [5.41, 5.74) is 2.03. The van der Waals surface area contributed by atoms with Gasteiger partial charge < -0.3 is 19.9 Å². The third kappa shape index (κ3) is 3.40. The molecule has 1 aliphatic rings. The van der Waals surface area contributed by atoms with Crippen LogP contribution in [0.25, 0.3) is 0 Å². The second kappa shape index (κ2) is 6.24. The molecular weight excluding hydrogens is 290 g/mol. The number of aromatic hydroxyl groups is 1. The van der Waals surface area contributed by atoms with Gasteiger partial charge in [-0.3, -0.25) is 0 Å². The number of phenolic OH excluding ortho intramolecular Hbond substituents is 1. The van der Waals surface area contributed by atoms with E-state index in [-0.39, 0.29) is 12.5 Å². The SMILES string of the molecule is Oc1cc2c(cc1CNCCc1ccc(Cl)cc1)OCO2. The van der Waals surface area contributed by atoms with Gasteiger partial charge in [0.05, 0.1) is 0 Å². The topological polar surface area (TPSA) is 50.7 Å². The van der Waals surface area contributed by atoms with Gasteiger partial charge in [-0.25, -0.2) is 0 Å². The summed E-state index contributed by atoms with van der Waals surface area (Å²) in [5.74, 6) is 1.50. The monoisotopic (exact) mass is 305 g/mol.